The highest BCUT2D eigenvalue weighted by molar-refractivity contribution is 5.92. The van der Waals surface area contributed by atoms with Crippen molar-refractivity contribution >= 4 is 17.2 Å². The van der Waals surface area contributed by atoms with Crippen molar-refractivity contribution in [1.82, 2.24) is 4.98 Å². The van der Waals surface area contributed by atoms with Crippen LogP contribution in [-0.4, -0.2) is 11.3 Å². The molecule has 0 bridgehead atoms. The van der Waals surface area contributed by atoms with Crippen LogP contribution < -0.4 is 0 Å². The monoisotopic (exact) mass is 195 g/mol. The fourth-order valence-electron chi connectivity index (χ4n) is 1.52. The molecule has 1 heterocycles. The summed E-state index contributed by atoms with van der Waals surface area (Å²) in [5, 5.41) is 0.145. The molecule has 72 valence electrons. The number of aromatic nitrogens is 1. The number of rotatable bonds is 1. The van der Waals surface area contributed by atoms with Gasteiger partial charge in [0.2, 0.25) is 0 Å². The van der Waals surface area contributed by atoms with Gasteiger partial charge in [0.05, 0.1) is 11.2 Å². The second kappa shape index (κ2) is 2.90. The standard InChI is InChI=1S/C10H7F2NO/c1-5-8(4-14)13-10-7(12)3-2-6(11)9(5)10/h2-4,13H,1H3. The summed E-state index contributed by atoms with van der Waals surface area (Å²) in [6.07, 6.45) is 0.550. The predicted molar refractivity (Wildman–Crippen MR) is 48.3 cm³/mol. The topological polar surface area (TPSA) is 32.9 Å². The van der Waals surface area contributed by atoms with E-state index in [1.807, 2.05) is 0 Å². The lowest BCUT2D eigenvalue weighted by atomic mass is 10.1. The maximum Gasteiger partial charge on any atom is 0.166 e. The summed E-state index contributed by atoms with van der Waals surface area (Å²) in [5.41, 5.74) is 0.695. The minimum Gasteiger partial charge on any atom is -0.350 e. The molecule has 0 spiro atoms. The highest BCUT2D eigenvalue weighted by Crippen LogP contribution is 2.25. The Kier molecular flexibility index (Phi) is 1.84. The number of carbonyl (C=O) groups excluding carboxylic acids is 1. The van der Waals surface area contributed by atoms with Crippen molar-refractivity contribution in [3.8, 4) is 0 Å². The molecule has 0 radical (unpaired) electrons. The molecular weight excluding hydrogens is 188 g/mol. The number of aryl methyl sites for hydroxylation is 1. The molecule has 1 aromatic carbocycles. The van der Waals surface area contributed by atoms with E-state index in [-0.39, 0.29) is 16.6 Å². The van der Waals surface area contributed by atoms with Crippen molar-refractivity contribution in [1.29, 1.82) is 0 Å². The molecule has 1 aromatic heterocycles. The van der Waals surface area contributed by atoms with E-state index in [1.165, 1.54) is 0 Å². The van der Waals surface area contributed by atoms with Crippen LogP contribution in [0.4, 0.5) is 8.78 Å². The molecule has 2 nitrogen and oxygen atoms in total. The number of fused-ring (bicyclic) bond motifs is 1. The lowest BCUT2D eigenvalue weighted by molar-refractivity contribution is 0.111. The van der Waals surface area contributed by atoms with Gasteiger partial charge in [0.25, 0.3) is 0 Å². The largest absolute Gasteiger partial charge is 0.350 e. The Morgan fingerprint density at radius 1 is 1.29 bits per heavy atom. The van der Waals surface area contributed by atoms with E-state index in [0.717, 1.165) is 12.1 Å². The molecular formula is C10H7F2NO. The molecule has 0 unspecified atom stereocenters. The molecule has 0 aliphatic rings. The fourth-order valence-corrected chi connectivity index (χ4v) is 1.52. The zero-order chi connectivity index (χ0) is 10.3. The number of hydrogen-bond acceptors (Lipinski definition) is 1. The summed E-state index contributed by atoms with van der Waals surface area (Å²) >= 11 is 0. The number of benzene rings is 1. The van der Waals surface area contributed by atoms with Gasteiger partial charge in [-0.2, -0.15) is 0 Å². The quantitative estimate of drug-likeness (QED) is 0.697. The Bertz CT molecular complexity index is 516. The van der Waals surface area contributed by atoms with Crippen molar-refractivity contribution in [3.63, 3.8) is 0 Å². The first-order valence-electron chi connectivity index (χ1n) is 4.06. The van der Waals surface area contributed by atoms with Gasteiger partial charge in [0, 0.05) is 5.39 Å². The van der Waals surface area contributed by atoms with Gasteiger partial charge in [-0.25, -0.2) is 8.78 Å². The number of carbonyl (C=O) groups is 1. The summed E-state index contributed by atoms with van der Waals surface area (Å²) < 4.78 is 26.5. The molecule has 2 aromatic rings. The molecule has 4 heteroatoms. The van der Waals surface area contributed by atoms with Gasteiger partial charge in [-0.1, -0.05) is 0 Å². The van der Waals surface area contributed by atoms with Crippen molar-refractivity contribution in [2.24, 2.45) is 0 Å². The average Bonchev–Trinajstić information content (AvgIpc) is 2.51. The molecule has 0 aliphatic carbocycles. The van der Waals surface area contributed by atoms with Crippen LogP contribution in [0, 0.1) is 18.6 Å². The van der Waals surface area contributed by atoms with E-state index < -0.39 is 11.6 Å². The van der Waals surface area contributed by atoms with E-state index in [2.05, 4.69) is 4.98 Å². The maximum absolute atomic E-state index is 13.3. The van der Waals surface area contributed by atoms with Gasteiger partial charge in [-0.15, -0.1) is 0 Å². The first kappa shape index (κ1) is 8.87. The molecule has 0 atom stereocenters. The van der Waals surface area contributed by atoms with E-state index in [4.69, 9.17) is 0 Å². The number of aldehydes is 1. The molecule has 14 heavy (non-hydrogen) atoms. The zero-order valence-corrected chi connectivity index (χ0v) is 7.40. The molecule has 0 saturated heterocycles. The van der Waals surface area contributed by atoms with E-state index in [9.17, 15) is 13.6 Å². The Morgan fingerprint density at radius 2 is 1.93 bits per heavy atom. The van der Waals surface area contributed by atoms with Crippen molar-refractivity contribution < 1.29 is 13.6 Å². The second-order valence-electron chi connectivity index (χ2n) is 3.06. The number of aromatic amines is 1. The Balaban J connectivity index is 2.97. The third-order valence-corrected chi connectivity index (χ3v) is 2.26. The lowest BCUT2D eigenvalue weighted by Gasteiger charge is -1.94. The minimum absolute atomic E-state index is 0.0459. The third kappa shape index (κ3) is 1.04. The normalized spacial score (nSPS) is 10.8. The lowest BCUT2D eigenvalue weighted by Crippen LogP contribution is -1.82. The van der Waals surface area contributed by atoms with Crippen LogP contribution in [0.1, 0.15) is 16.1 Å². The van der Waals surface area contributed by atoms with Gasteiger partial charge in [0.15, 0.2) is 6.29 Å². The number of nitrogens with one attached hydrogen (secondary N) is 1. The highest BCUT2D eigenvalue weighted by Gasteiger charge is 2.13. The van der Waals surface area contributed by atoms with Crippen LogP contribution in [-0.2, 0) is 0 Å². The van der Waals surface area contributed by atoms with E-state index >= 15 is 0 Å². The summed E-state index contributed by atoms with van der Waals surface area (Å²) in [6.45, 7) is 1.57. The van der Waals surface area contributed by atoms with E-state index in [0.29, 0.717) is 11.8 Å². The van der Waals surface area contributed by atoms with Crippen LogP contribution in [0.2, 0.25) is 0 Å². The fraction of sp³-hybridized carbons (Fsp3) is 0.100. The molecule has 0 aliphatic heterocycles. The molecule has 0 amide bonds. The minimum atomic E-state index is -0.558. The molecule has 1 N–H and O–H groups in total. The number of halogens is 2. The van der Waals surface area contributed by atoms with Crippen molar-refractivity contribution in [3.05, 3.63) is 35.0 Å². The summed E-state index contributed by atoms with van der Waals surface area (Å²) in [7, 11) is 0. The third-order valence-electron chi connectivity index (χ3n) is 2.26. The molecule has 0 fully saturated rings. The Labute approximate surface area is 78.5 Å². The van der Waals surface area contributed by atoms with Crippen LogP contribution in [0.15, 0.2) is 12.1 Å². The SMILES string of the molecule is Cc1c(C=O)[nH]c2c(F)ccc(F)c12. The van der Waals surface area contributed by atoms with Gasteiger partial charge >= 0.3 is 0 Å². The second-order valence-corrected chi connectivity index (χ2v) is 3.06. The summed E-state index contributed by atoms with van der Waals surface area (Å²) in [4.78, 5) is 13.1. The number of hydrogen-bond donors (Lipinski definition) is 1. The van der Waals surface area contributed by atoms with Crippen LogP contribution in [0.5, 0.6) is 0 Å². The Morgan fingerprint density at radius 3 is 2.50 bits per heavy atom. The summed E-state index contributed by atoms with van der Waals surface area (Å²) in [5.74, 6) is -1.08. The van der Waals surface area contributed by atoms with Gasteiger partial charge in [0.1, 0.15) is 11.6 Å². The van der Waals surface area contributed by atoms with Crippen molar-refractivity contribution in [2.45, 2.75) is 6.92 Å². The highest BCUT2D eigenvalue weighted by atomic mass is 19.1. The zero-order valence-electron chi connectivity index (χ0n) is 7.40. The van der Waals surface area contributed by atoms with Gasteiger partial charge in [-0.05, 0) is 24.6 Å². The first-order valence-corrected chi connectivity index (χ1v) is 4.06. The van der Waals surface area contributed by atoms with Gasteiger partial charge in [-0.3, -0.25) is 4.79 Å². The predicted octanol–water partition coefficient (Wildman–Crippen LogP) is 2.57. The number of H-pyrrole nitrogens is 1. The van der Waals surface area contributed by atoms with E-state index in [1.54, 1.807) is 6.92 Å². The first-order chi connectivity index (χ1) is 6.65. The van der Waals surface area contributed by atoms with Crippen molar-refractivity contribution in [2.75, 3.05) is 0 Å². The average molecular weight is 195 g/mol. The van der Waals surface area contributed by atoms with Crippen LogP contribution >= 0.6 is 0 Å². The molecule has 2 rings (SSSR count). The van der Waals surface area contributed by atoms with Crippen LogP contribution in [0.25, 0.3) is 10.9 Å². The van der Waals surface area contributed by atoms with Gasteiger partial charge < -0.3 is 4.98 Å². The summed E-state index contributed by atoms with van der Waals surface area (Å²) in [6, 6.07) is 2.08. The molecule has 0 saturated carbocycles. The van der Waals surface area contributed by atoms with Crippen LogP contribution in [0.3, 0.4) is 0 Å². The maximum atomic E-state index is 13.3. The smallest absolute Gasteiger partial charge is 0.166 e. The Hall–Kier alpha value is -1.71.